The van der Waals surface area contributed by atoms with Crippen molar-refractivity contribution in [3.05, 3.63) is 52.9 Å². The Kier molecular flexibility index (Phi) is 3.62. The lowest BCUT2D eigenvalue weighted by Crippen LogP contribution is -2.12. The van der Waals surface area contributed by atoms with Gasteiger partial charge >= 0.3 is 0 Å². The summed E-state index contributed by atoms with van der Waals surface area (Å²) in [4.78, 5) is 5.27. The smallest absolute Gasteiger partial charge is 0.262 e. The van der Waals surface area contributed by atoms with Crippen molar-refractivity contribution in [1.29, 1.82) is 0 Å². The average molecular weight is 319 g/mol. The third-order valence-corrected chi connectivity index (χ3v) is 5.47. The maximum atomic E-state index is 12.3. The molecular formula is C14H13N3O2S2. The molecule has 0 aliphatic rings. The van der Waals surface area contributed by atoms with Crippen LogP contribution in [0.4, 0.5) is 5.69 Å². The summed E-state index contributed by atoms with van der Waals surface area (Å²) >= 11 is 1.34. The van der Waals surface area contributed by atoms with Gasteiger partial charge in [-0.15, -0.1) is 11.3 Å². The van der Waals surface area contributed by atoms with E-state index in [-0.39, 0.29) is 4.90 Å². The molecule has 0 amide bonds. The van der Waals surface area contributed by atoms with Gasteiger partial charge in [-0.1, -0.05) is 6.07 Å². The number of pyridine rings is 1. The van der Waals surface area contributed by atoms with Crippen LogP contribution in [0.2, 0.25) is 0 Å². The Hall–Kier alpha value is -1.96. The van der Waals surface area contributed by atoms with Crippen LogP contribution >= 0.6 is 11.3 Å². The Morgan fingerprint density at radius 1 is 1.24 bits per heavy atom. The van der Waals surface area contributed by atoms with E-state index in [2.05, 4.69) is 9.71 Å². The molecule has 0 aliphatic carbocycles. The molecule has 0 unspecified atom stereocenters. The van der Waals surface area contributed by atoms with Gasteiger partial charge in [0.2, 0.25) is 0 Å². The highest BCUT2D eigenvalue weighted by Gasteiger charge is 2.16. The second-order valence-corrected chi connectivity index (χ2v) is 7.15. The van der Waals surface area contributed by atoms with E-state index < -0.39 is 10.0 Å². The van der Waals surface area contributed by atoms with Crippen LogP contribution in [0, 0.1) is 0 Å². The zero-order valence-corrected chi connectivity index (χ0v) is 12.6. The van der Waals surface area contributed by atoms with Gasteiger partial charge in [-0.05, 0) is 30.3 Å². The Labute approximate surface area is 126 Å². The first kappa shape index (κ1) is 14.0. The quantitative estimate of drug-likeness (QED) is 0.774. The highest BCUT2D eigenvalue weighted by atomic mass is 32.2. The van der Waals surface area contributed by atoms with E-state index in [4.69, 9.17) is 5.73 Å². The third kappa shape index (κ3) is 2.90. The van der Waals surface area contributed by atoms with Crippen LogP contribution in [0.3, 0.4) is 0 Å². The largest absolute Gasteiger partial charge is 0.326 e. The summed E-state index contributed by atoms with van der Waals surface area (Å²) in [6, 6.07) is 10.5. The van der Waals surface area contributed by atoms with Crippen molar-refractivity contribution >= 4 is 38.0 Å². The highest BCUT2D eigenvalue weighted by molar-refractivity contribution is 7.92. The van der Waals surface area contributed by atoms with E-state index in [1.165, 1.54) is 11.3 Å². The number of nitrogens with zero attached hydrogens (tertiary/aromatic N) is 1. The zero-order valence-electron chi connectivity index (χ0n) is 11.0. The van der Waals surface area contributed by atoms with Gasteiger partial charge in [0.15, 0.2) is 0 Å². The Morgan fingerprint density at radius 3 is 2.86 bits per heavy atom. The number of sulfonamides is 1. The molecule has 7 heteroatoms. The van der Waals surface area contributed by atoms with Gasteiger partial charge in [0.1, 0.15) is 0 Å². The van der Waals surface area contributed by atoms with Crippen LogP contribution in [0.15, 0.2) is 52.9 Å². The van der Waals surface area contributed by atoms with Crippen molar-refractivity contribution in [2.24, 2.45) is 5.73 Å². The lowest BCUT2D eigenvalue weighted by Gasteiger charge is -2.07. The van der Waals surface area contributed by atoms with Crippen molar-refractivity contribution in [3.63, 3.8) is 0 Å². The zero-order chi connectivity index (χ0) is 14.9. The number of aromatic nitrogens is 1. The molecule has 0 saturated carbocycles. The second kappa shape index (κ2) is 5.44. The minimum absolute atomic E-state index is 0.235. The van der Waals surface area contributed by atoms with Crippen LogP contribution in [0.25, 0.3) is 10.9 Å². The summed E-state index contributed by atoms with van der Waals surface area (Å²) in [6.07, 6.45) is 1.70. The standard InChI is InChI=1S/C14H13N3O2S2/c15-8-12-7-13(9-20-12)21(18,19)17-11-3-4-14-10(6-11)2-1-5-16-14/h1-7,9,17H,8,15H2. The maximum Gasteiger partial charge on any atom is 0.262 e. The molecule has 0 radical (unpaired) electrons. The number of nitrogens with two attached hydrogens (primary N) is 1. The highest BCUT2D eigenvalue weighted by Crippen LogP contribution is 2.23. The van der Waals surface area contributed by atoms with Gasteiger partial charge in [-0.2, -0.15) is 0 Å². The Balaban J connectivity index is 1.93. The topological polar surface area (TPSA) is 85.1 Å². The van der Waals surface area contributed by atoms with Crippen LogP contribution in [-0.2, 0) is 16.6 Å². The molecule has 5 nitrogen and oxygen atoms in total. The fraction of sp³-hybridized carbons (Fsp3) is 0.0714. The predicted octanol–water partition coefficient (Wildman–Crippen LogP) is 2.56. The minimum Gasteiger partial charge on any atom is -0.326 e. The molecule has 0 atom stereocenters. The summed E-state index contributed by atoms with van der Waals surface area (Å²) in [5, 5.41) is 2.47. The van der Waals surface area contributed by atoms with E-state index in [1.54, 1.807) is 35.8 Å². The number of rotatable bonds is 4. The molecule has 1 aromatic carbocycles. The summed E-state index contributed by atoms with van der Waals surface area (Å²) in [5.74, 6) is 0. The number of hydrogen-bond acceptors (Lipinski definition) is 5. The molecule has 3 rings (SSSR count). The lowest BCUT2D eigenvalue weighted by molar-refractivity contribution is 0.601. The molecule has 0 aliphatic heterocycles. The fourth-order valence-electron chi connectivity index (χ4n) is 1.96. The summed E-state index contributed by atoms with van der Waals surface area (Å²) in [6.45, 7) is 0.335. The normalized spacial score (nSPS) is 11.7. The molecule has 2 aromatic heterocycles. The molecule has 0 bridgehead atoms. The number of thiophene rings is 1. The van der Waals surface area contributed by atoms with E-state index in [0.29, 0.717) is 12.2 Å². The molecule has 108 valence electrons. The number of hydrogen-bond donors (Lipinski definition) is 2. The Morgan fingerprint density at radius 2 is 2.10 bits per heavy atom. The molecule has 2 heterocycles. The SMILES string of the molecule is NCc1cc(S(=O)(=O)Nc2ccc3ncccc3c2)cs1. The molecular weight excluding hydrogens is 306 g/mol. The van der Waals surface area contributed by atoms with Crippen LogP contribution in [0.5, 0.6) is 0 Å². The molecule has 3 N–H and O–H groups in total. The van der Waals surface area contributed by atoms with Crippen molar-refractivity contribution in [3.8, 4) is 0 Å². The fourth-order valence-corrected chi connectivity index (χ4v) is 4.17. The molecule has 0 saturated heterocycles. The minimum atomic E-state index is -3.59. The van der Waals surface area contributed by atoms with Crippen molar-refractivity contribution < 1.29 is 8.42 Å². The summed E-state index contributed by atoms with van der Waals surface area (Å²) < 4.78 is 27.2. The van der Waals surface area contributed by atoms with Crippen LogP contribution in [0.1, 0.15) is 4.88 Å². The van der Waals surface area contributed by atoms with Crippen LogP contribution < -0.4 is 10.5 Å². The molecule has 21 heavy (non-hydrogen) atoms. The van der Waals surface area contributed by atoms with Gasteiger partial charge in [-0.25, -0.2) is 8.42 Å². The van der Waals surface area contributed by atoms with Gasteiger partial charge in [0.05, 0.1) is 10.4 Å². The molecule has 0 spiro atoms. The van der Waals surface area contributed by atoms with Gasteiger partial charge < -0.3 is 5.73 Å². The van der Waals surface area contributed by atoms with E-state index >= 15 is 0 Å². The second-order valence-electron chi connectivity index (χ2n) is 4.47. The number of benzene rings is 1. The lowest BCUT2D eigenvalue weighted by atomic mass is 10.2. The van der Waals surface area contributed by atoms with Crippen molar-refractivity contribution in [2.75, 3.05) is 4.72 Å². The third-order valence-electron chi connectivity index (χ3n) is 3.00. The number of nitrogens with one attached hydrogen (secondary N) is 1. The van der Waals surface area contributed by atoms with Gasteiger partial charge in [0.25, 0.3) is 10.0 Å². The first-order chi connectivity index (χ1) is 10.1. The first-order valence-corrected chi connectivity index (χ1v) is 8.60. The average Bonchev–Trinajstić information content (AvgIpc) is 2.96. The number of fused-ring (bicyclic) bond motifs is 1. The van der Waals surface area contributed by atoms with Gasteiger partial charge in [-0.3, -0.25) is 9.71 Å². The predicted molar refractivity (Wildman–Crippen MR) is 84.8 cm³/mol. The molecule has 0 fully saturated rings. The number of anilines is 1. The van der Waals surface area contributed by atoms with E-state index in [1.807, 2.05) is 12.1 Å². The van der Waals surface area contributed by atoms with Crippen LogP contribution in [-0.4, -0.2) is 13.4 Å². The first-order valence-electron chi connectivity index (χ1n) is 6.23. The summed E-state index contributed by atoms with van der Waals surface area (Å²) in [5.41, 5.74) is 6.84. The van der Waals surface area contributed by atoms with Gasteiger partial charge in [0, 0.05) is 34.1 Å². The van der Waals surface area contributed by atoms with Crippen molar-refractivity contribution in [2.45, 2.75) is 11.4 Å². The molecule has 3 aromatic rings. The van der Waals surface area contributed by atoms with Crippen molar-refractivity contribution in [1.82, 2.24) is 4.98 Å². The summed E-state index contributed by atoms with van der Waals surface area (Å²) in [7, 11) is -3.59. The monoisotopic (exact) mass is 319 g/mol. The maximum absolute atomic E-state index is 12.3. The Bertz CT molecular complexity index is 888. The van der Waals surface area contributed by atoms with E-state index in [0.717, 1.165) is 15.8 Å². The van der Waals surface area contributed by atoms with E-state index in [9.17, 15) is 8.42 Å².